The number of methoxy groups -OCH3 is 1. The Balaban J connectivity index is 1.61. The van der Waals surface area contributed by atoms with Gasteiger partial charge in [0.1, 0.15) is 5.75 Å². The summed E-state index contributed by atoms with van der Waals surface area (Å²) in [5.41, 5.74) is 8.03. The smallest absolute Gasteiger partial charge is 0.286 e. The Morgan fingerprint density at radius 3 is 2.65 bits per heavy atom. The standard InChI is InChI=1S/C23H22Cl2N4O2/c1-31-16-6-7-17-14(11-16)12-18-21(23(30)27-28-9-3-2-4-10-28)26-29(22(17)18)20-8-5-15(24)13-19(20)25/h5-8,11,13H,2-4,9-10,12H2,1H3,(H,27,30). The third kappa shape index (κ3) is 3.69. The Morgan fingerprint density at radius 2 is 1.90 bits per heavy atom. The van der Waals surface area contributed by atoms with Gasteiger partial charge in [-0.2, -0.15) is 5.10 Å². The maximum atomic E-state index is 13.2. The van der Waals surface area contributed by atoms with Gasteiger partial charge in [-0.15, -0.1) is 0 Å². The van der Waals surface area contributed by atoms with Crippen molar-refractivity contribution in [3.05, 3.63) is 63.3 Å². The van der Waals surface area contributed by atoms with E-state index in [1.807, 2.05) is 29.3 Å². The van der Waals surface area contributed by atoms with E-state index in [1.54, 1.807) is 23.9 Å². The quantitative estimate of drug-likeness (QED) is 0.474. The molecule has 1 aliphatic heterocycles. The number of hydrogen-bond donors (Lipinski definition) is 1. The number of nitrogens with one attached hydrogen (secondary N) is 1. The lowest BCUT2D eigenvalue weighted by Gasteiger charge is -2.26. The molecular weight excluding hydrogens is 435 g/mol. The van der Waals surface area contributed by atoms with Crippen molar-refractivity contribution in [3.8, 4) is 22.7 Å². The van der Waals surface area contributed by atoms with E-state index in [2.05, 4.69) is 5.43 Å². The highest BCUT2D eigenvalue weighted by molar-refractivity contribution is 6.35. The van der Waals surface area contributed by atoms with Gasteiger partial charge in [0.2, 0.25) is 0 Å². The average molecular weight is 457 g/mol. The lowest BCUT2D eigenvalue weighted by molar-refractivity contribution is 0.0743. The summed E-state index contributed by atoms with van der Waals surface area (Å²) in [4.78, 5) is 13.2. The molecule has 0 atom stereocenters. The summed E-state index contributed by atoms with van der Waals surface area (Å²) in [6.07, 6.45) is 3.97. The molecule has 3 aromatic rings. The van der Waals surface area contributed by atoms with Crippen molar-refractivity contribution in [1.82, 2.24) is 20.2 Å². The minimum atomic E-state index is -0.193. The normalized spacial score (nSPS) is 15.5. The summed E-state index contributed by atoms with van der Waals surface area (Å²) in [5, 5.41) is 7.72. The lowest BCUT2D eigenvalue weighted by Crippen LogP contribution is -2.45. The van der Waals surface area contributed by atoms with E-state index in [1.165, 1.54) is 6.42 Å². The molecule has 2 aliphatic rings. The first kappa shape index (κ1) is 20.4. The fourth-order valence-electron chi connectivity index (χ4n) is 4.37. The van der Waals surface area contributed by atoms with Gasteiger partial charge in [0.15, 0.2) is 5.69 Å². The van der Waals surface area contributed by atoms with Gasteiger partial charge < -0.3 is 4.74 Å². The number of ether oxygens (including phenoxy) is 1. The fraction of sp³-hybridized carbons (Fsp3) is 0.304. The number of hydrazine groups is 1. The number of hydrogen-bond acceptors (Lipinski definition) is 4. The summed E-state index contributed by atoms with van der Waals surface area (Å²) in [6.45, 7) is 1.71. The summed E-state index contributed by atoms with van der Waals surface area (Å²) in [7, 11) is 1.65. The largest absolute Gasteiger partial charge is 0.497 e. The topological polar surface area (TPSA) is 59.4 Å². The Bertz CT molecular complexity index is 1170. The highest BCUT2D eigenvalue weighted by atomic mass is 35.5. The van der Waals surface area contributed by atoms with Crippen LogP contribution in [0.1, 0.15) is 40.9 Å². The minimum Gasteiger partial charge on any atom is -0.497 e. The molecule has 0 unspecified atom stereocenters. The Labute approximate surface area is 190 Å². The molecule has 8 heteroatoms. The first-order valence-corrected chi connectivity index (χ1v) is 11.1. The number of nitrogens with zero attached hydrogens (tertiary/aromatic N) is 3. The Hall–Kier alpha value is -2.54. The predicted molar refractivity (Wildman–Crippen MR) is 121 cm³/mol. The molecule has 6 nitrogen and oxygen atoms in total. The van der Waals surface area contributed by atoms with Crippen LogP contribution in [0.2, 0.25) is 10.0 Å². The van der Waals surface area contributed by atoms with Gasteiger partial charge in [-0.05, 0) is 54.8 Å². The summed E-state index contributed by atoms with van der Waals surface area (Å²) >= 11 is 12.6. The minimum absolute atomic E-state index is 0.193. The molecule has 2 aromatic carbocycles. The van der Waals surface area contributed by atoms with Crippen LogP contribution in [-0.4, -0.2) is 40.9 Å². The molecule has 0 saturated carbocycles. The van der Waals surface area contributed by atoms with Crippen LogP contribution in [0.25, 0.3) is 16.9 Å². The van der Waals surface area contributed by atoms with Crippen LogP contribution in [-0.2, 0) is 6.42 Å². The van der Waals surface area contributed by atoms with Crippen molar-refractivity contribution < 1.29 is 9.53 Å². The van der Waals surface area contributed by atoms with Crippen molar-refractivity contribution >= 4 is 29.1 Å². The van der Waals surface area contributed by atoms with Gasteiger partial charge in [0.05, 0.1) is 23.5 Å². The van der Waals surface area contributed by atoms with Crippen molar-refractivity contribution in [2.45, 2.75) is 25.7 Å². The molecular formula is C23H22Cl2N4O2. The van der Waals surface area contributed by atoms with Crippen molar-refractivity contribution in [3.63, 3.8) is 0 Å². The second-order valence-electron chi connectivity index (χ2n) is 7.87. The SMILES string of the molecule is COc1ccc2c(c1)Cc1c(C(=O)NN3CCCCC3)nn(-c3ccc(Cl)cc3Cl)c1-2. The van der Waals surface area contributed by atoms with Gasteiger partial charge in [-0.25, -0.2) is 9.69 Å². The highest BCUT2D eigenvalue weighted by Crippen LogP contribution is 2.42. The molecule has 1 aliphatic carbocycles. The fourth-order valence-corrected chi connectivity index (χ4v) is 4.86. The summed E-state index contributed by atoms with van der Waals surface area (Å²) in [6, 6.07) is 11.2. The van der Waals surface area contributed by atoms with Gasteiger partial charge in [0, 0.05) is 35.7 Å². The van der Waals surface area contributed by atoms with E-state index in [0.717, 1.165) is 54.1 Å². The molecule has 0 radical (unpaired) electrons. The third-order valence-electron chi connectivity index (χ3n) is 5.89. The van der Waals surface area contributed by atoms with E-state index in [0.29, 0.717) is 27.8 Å². The second kappa shape index (κ2) is 8.19. The number of piperidine rings is 1. The van der Waals surface area contributed by atoms with Crippen LogP contribution >= 0.6 is 23.2 Å². The van der Waals surface area contributed by atoms with E-state index in [9.17, 15) is 4.79 Å². The zero-order chi connectivity index (χ0) is 21.5. The molecule has 0 bridgehead atoms. The number of carbonyl (C=O) groups excluding carboxylic acids is 1. The Morgan fingerprint density at radius 1 is 1.10 bits per heavy atom. The molecule has 2 heterocycles. The number of carbonyl (C=O) groups is 1. The maximum absolute atomic E-state index is 13.2. The molecule has 0 spiro atoms. The van der Waals surface area contributed by atoms with Gasteiger partial charge >= 0.3 is 0 Å². The number of halogens is 2. The monoisotopic (exact) mass is 456 g/mol. The molecule has 1 saturated heterocycles. The number of aromatic nitrogens is 2. The van der Waals surface area contributed by atoms with Crippen LogP contribution in [0, 0.1) is 0 Å². The number of amides is 1. The first-order chi connectivity index (χ1) is 15.0. The van der Waals surface area contributed by atoms with Crippen LogP contribution in [0.5, 0.6) is 5.75 Å². The molecule has 1 amide bonds. The summed E-state index contributed by atoms with van der Waals surface area (Å²) < 4.78 is 7.16. The lowest BCUT2D eigenvalue weighted by atomic mass is 10.1. The zero-order valence-electron chi connectivity index (χ0n) is 17.1. The van der Waals surface area contributed by atoms with E-state index < -0.39 is 0 Å². The molecule has 31 heavy (non-hydrogen) atoms. The highest BCUT2D eigenvalue weighted by Gasteiger charge is 2.32. The van der Waals surface area contributed by atoms with Gasteiger partial charge in [-0.1, -0.05) is 29.6 Å². The van der Waals surface area contributed by atoms with Gasteiger partial charge in [0.25, 0.3) is 5.91 Å². The number of rotatable bonds is 4. The van der Waals surface area contributed by atoms with E-state index in [-0.39, 0.29) is 5.91 Å². The molecule has 5 rings (SSSR count). The zero-order valence-corrected chi connectivity index (χ0v) is 18.6. The maximum Gasteiger partial charge on any atom is 0.286 e. The van der Waals surface area contributed by atoms with Crippen molar-refractivity contribution in [1.29, 1.82) is 0 Å². The van der Waals surface area contributed by atoms with E-state index in [4.69, 9.17) is 33.0 Å². The Kier molecular flexibility index (Phi) is 5.38. The first-order valence-electron chi connectivity index (χ1n) is 10.4. The average Bonchev–Trinajstić information content (AvgIpc) is 3.31. The summed E-state index contributed by atoms with van der Waals surface area (Å²) in [5.74, 6) is 0.592. The van der Waals surface area contributed by atoms with Crippen LogP contribution < -0.4 is 10.2 Å². The molecule has 1 aromatic heterocycles. The molecule has 1 fully saturated rings. The third-order valence-corrected chi connectivity index (χ3v) is 6.42. The van der Waals surface area contributed by atoms with Gasteiger partial charge in [-0.3, -0.25) is 10.2 Å². The number of benzene rings is 2. The molecule has 1 N–H and O–H groups in total. The van der Waals surface area contributed by atoms with Crippen molar-refractivity contribution in [2.24, 2.45) is 0 Å². The molecule has 160 valence electrons. The predicted octanol–water partition coefficient (Wildman–Crippen LogP) is 4.89. The van der Waals surface area contributed by atoms with Crippen LogP contribution in [0.4, 0.5) is 0 Å². The van der Waals surface area contributed by atoms with Crippen molar-refractivity contribution in [2.75, 3.05) is 20.2 Å². The van der Waals surface area contributed by atoms with Crippen LogP contribution in [0.3, 0.4) is 0 Å². The van der Waals surface area contributed by atoms with E-state index >= 15 is 0 Å². The van der Waals surface area contributed by atoms with Crippen LogP contribution in [0.15, 0.2) is 36.4 Å². The second-order valence-corrected chi connectivity index (χ2v) is 8.72. The number of fused-ring (bicyclic) bond motifs is 3.